The molecule has 0 radical (unpaired) electrons. The molecular weight excluding hydrogens is 252 g/mol. The highest BCUT2D eigenvalue weighted by atomic mass is 15.2. The summed E-state index contributed by atoms with van der Waals surface area (Å²) in [5.74, 6) is 1.54. The fourth-order valence-electron chi connectivity index (χ4n) is 2.96. The maximum atomic E-state index is 9.21. The lowest BCUT2D eigenvalue weighted by Gasteiger charge is -2.19. The summed E-state index contributed by atoms with van der Waals surface area (Å²) < 4.78 is 0. The third-order valence-corrected chi connectivity index (χ3v) is 3.78. The Morgan fingerprint density at radius 3 is 3.10 bits per heavy atom. The zero-order valence-electron chi connectivity index (χ0n) is 11.8. The third kappa shape index (κ3) is 2.21. The number of hydrogen-bond donors (Lipinski definition) is 1. The van der Waals surface area contributed by atoms with Gasteiger partial charge < -0.3 is 14.8 Å². The largest absolute Gasteiger partial charge is 0.356 e. The maximum absolute atomic E-state index is 9.21. The summed E-state index contributed by atoms with van der Waals surface area (Å²) in [4.78, 5) is 16.1. The Hall–Kier alpha value is -2.13. The maximum Gasteiger partial charge on any atom is 0.144 e. The monoisotopic (exact) mass is 270 g/mol. The van der Waals surface area contributed by atoms with Crippen LogP contribution in [0, 0.1) is 17.2 Å². The third-order valence-electron chi connectivity index (χ3n) is 3.78. The first-order chi connectivity index (χ1) is 9.69. The molecule has 1 unspecified atom stereocenters. The average molecular weight is 270 g/mol. The molecule has 1 atom stereocenters. The van der Waals surface area contributed by atoms with Gasteiger partial charge in [0.2, 0.25) is 0 Å². The molecule has 6 heteroatoms. The quantitative estimate of drug-likeness (QED) is 0.908. The van der Waals surface area contributed by atoms with Crippen LogP contribution in [0.2, 0.25) is 0 Å². The number of H-pyrrole nitrogens is 1. The fourth-order valence-corrected chi connectivity index (χ4v) is 2.96. The van der Waals surface area contributed by atoms with E-state index in [1.54, 1.807) is 12.5 Å². The van der Waals surface area contributed by atoms with E-state index in [-0.39, 0.29) is 0 Å². The summed E-state index contributed by atoms with van der Waals surface area (Å²) in [6, 6.07) is 2.21. The van der Waals surface area contributed by atoms with Gasteiger partial charge in [0.05, 0.1) is 10.9 Å². The highest BCUT2D eigenvalue weighted by Gasteiger charge is 2.26. The van der Waals surface area contributed by atoms with Crippen LogP contribution in [0.3, 0.4) is 0 Å². The summed E-state index contributed by atoms with van der Waals surface area (Å²) in [6.07, 6.45) is 4.43. The topological polar surface area (TPSA) is 71.8 Å². The minimum absolute atomic E-state index is 0.617. The van der Waals surface area contributed by atoms with Crippen molar-refractivity contribution in [2.45, 2.75) is 6.42 Å². The van der Waals surface area contributed by atoms with E-state index in [0.29, 0.717) is 11.5 Å². The van der Waals surface area contributed by atoms with E-state index in [2.05, 4.69) is 44.9 Å². The van der Waals surface area contributed by atoms with Crippen molar-refractivity contribution < 1.29 is 0 Å². The zero-order chi connectivity index (χ0) is 14.1. The van der Waals surface area contributed by atoms with Gasteiger partial charge in [-0.05, 0) is 26.4 Å². The highest BCUT2D eigenvalue weighted by molar-refractivity contribution is 5.92. The van der Waals surface area contributed by atoms with Crippen molar-refractivity contribution in [1.82, 2.24) is 19.9 Å². The van der Waals surface area contributed by atoms with E-state index in [4.69, 9.17) is 0 Å². The Balaban J connectivity index is 1.92. The number of hydrogen-bond acceptors (Lipinski definition) is 5. The molecule has 1 fully saturated rings. The first kappa shape index (κ1) is 12.9. The van der Waals surface area contributed by atoms with Crippen LogP contribution in [0.4, 0.5) is 5.82 Å². The van der Waals surface area contributed by atoms with Gasteiger partial charge in [-0.3, -0.25) is 0 Å². The van der Waals surface area contributed by atoms with Crippen LogP contribution in [0.1, 0.15) is 12.0 Å². The summed E-state index contributed by atoms with van der Waals surface area (Å²) in [5.41, 5.74) is 1.36. The summed E-state index contributed by atoms with van der Waals surface area (Å²) >= 11 is 0. The van der Waals surface area contributed by atoms with Crippen LogP contribution < -0.4 is 4.90 Å². The van der Waals surface area contributed by atoms with Crippen molar-refractivity contribution in [2.24, 2.45) is 5.92 Å². The summed E-state index contributed by atoms with van der Waals surface area (Å²) in [6.45, 7) is 3.06. The van der Waals surface area contributed by atoms with Crippen LogP contribution in [0.25, 0.3) is 11.0 Å². The second kappa shape index (κ2) is 5.10. The molecule has 0 bridgehead atoms. The molecule has 6 nitrogen and oxygen atoms in total. The van der Waals surface area contributed by atoms with Gasteiger partial charge in [0.25, 0.3) is 0 Å². The van der Waals surface area contributed by atoms with Crippen LogP contribution in [0.15, 0.2) is 12.5 Å². The first-order valence-corrected chi connectivity index (χ1v) is 6.81. The number of aromatic amines is 1. The van der Waals surface area contributed by atoms with Gasteiger partial charge in [-0.2, -0.15) is 5.26 Å². The summed E-state index contributed by atoms with van der Waals surface area (Å²) in [7, 11) is 4.21. The van der Waals surface area contributed by atoms with Crippen molar-refractivity contribution in [2.75, 3.05) is 38.6 Å². The van der Waals surface area contributed by atoms with E-state index >= 15 is 0 Å². The SMILES string of the molecule is CN(C)CC1CCN(c2ncnc3[nH]cc(C#N)c23)C1. The fraction of sp³-hybridized carbons (Fsp3) is 0.500. The molecule has 104 valence electrons. The van der Waals surface area contributed by atoms with Gasteiger partial charge in [-0.15, -0.1) is 0 Å². The zero-order valence-corrected chi connectivity index (χ0v) is 11.8. The first-order valence-electron chi connectivity index (χ1n) is 6.81. The molecule has 0 amide bonds. The lowest BCUT2D eigenvalue weighted by molar-refractivity contribution is 0.340. The Kier molecular flexibility index (Phi) is 3.28. The Labute approximate surface area is 118 Å². The Bertz CT molecular complexity index is 653. The molecule has 0 aromatic carbocycles. The van der Waals surface area contributed by atoms with Crippen molar-refractivity contribution in [3.8, 4) is 6.07 Å². The molecule has 0 spiro atoms. The Morgan fingerprint density at radius 1 is 1.50 bits per heavy atom. The van der Waals surface area contributed by atoms with Gasteiger partial charge in [0.1, 0.15) is 23.9 Å². The minimum atomic E-state index is 0.617. The number of nitrogens with zero attached hydrogens (tertiary/aromatic N) is 5. The lowest BCUT2D eigenvalue weighted by atomic mass is 10.1. The predicted molar refractivity (Wildman–Crippen MR) is 77.5 cm³/mol. The second-order valence-electron chi connectivity index (χ2n) is 5.60. The van der Waals surface area contributed by atoms with Gasteiger partial charge in [0, 0.05) is 25.8 Å². The van der Waals surface area contributed by atoms with Crippen LogP contribution >= 0.6 is 0 Å². The van der Waals surface area contributed by atoms with Gasteiger partial charge in [0.15, 0.2) is 0 Å². The second-order valence-corrected chi connectivity index (χ2v) is 5.60. The van der Waals surface area contributed by atoms with E-state index in [9.17, 15) is 5.26 Å². The predicted octanol–water partition coefficient (Wildman–Crippen LogP) is 1.22. The van der Waals surface area contributed by atoms with Gasteiger partial charge in [-0.25, -0.2) is 9.97 Å². The standard InChI is InChI=1S/C14H18N6/c1-19(2)7-10-3-4-20(8-10)14-12-11(5-15)6-16-13(12)17-9-18-14/h6,9-10H,3-4,7-8H2,1-2H3,(H,16,17,18). The molecule has 1 aliphatic heterocycles. The molecule has 2 aromatic heterocycles. The van der Waals surface area contributed by atoms with Crippen LogP contribution in [-0.2, 0) is 0 Å². The molecular formula is C14H18N6. The number of fused-ring (bicyclic) bond motifs is 1. The summed E-state index contributed by atoms with van der Waals surface area (Å²) in [5, 5.41) is 10.1. The van der Waals surface area contributed by atoms with E-state index < -0.39 is 0 Å². The van der Waals surface area contributed by atoms with E-state index in [1.807, 2.05) is 0 Å². The lowest BCUT2D eigenvalue weighted by Crippen LogP contribution is -2.26. The van der Waals surface area contributed by atoms with Gasteiger partial charge in [-0.1, -0.05) is 0 Å². The molecule has 3 heterocycles. The van der Waals surface area contributed by atoms with Crippen LogP contribution in [0.5, 0.6) is 0 Å². The van der Waals surface area contributed by atoms with Crippen molar-refractivity contribution in [3.63, 3.8) is 0 Å². The molecule has 0 saturated carbocycles. The molecule has 1 saturated heterocycles. The molecule has 1 N–H and O–H groups in total. The number of nitriles is 1. The normalized spacial score (nSPS) is 18.9. The Morgan fingerprint density at radius 2 is 2.35 bits per heavy atom. The van der Waals surface area contributed by atoms with E-state index in [1.165, 1.54) is 0 Å². The van der Waals surface area contributed by atoms with Crippen LogP contribution in [-0.4, -0.2) is 53.6 Å². The average Bonchev–Trinajstić information content (AvgIpc) is 3.03. The van der Waals surface area contributed by atoms with Crippen molar-refractivity contribution in [3.05, 3.63) is 18.1 Å². The minimum Gasteiger partial charge on any atom is -0.356 e. The number of aromatic nitrogens is 3. The highest BCUT2D eigenvalue weighted by Crippen LogP contribution is 2.30. The van der Waals surface area contributed by atoms with Crippen molar-refractivity contribution >= 4 is 16.9 Å². The molecule has 0 aliphatic carbocycles. The number of rotatable bonds is 3. The molecule has 1 aliphatic rings. The smallest absolute Gasteiger partial charge is 0.144 e. The molecule has 2 aromatic rings. The molecule has 3 rings (SSSR count). The number of anilines is 1. The van der Waals surface area contributed by atoms with E-state index in [0.717, 1.165) is 42.9 Å². The number of nitrogens with one attached hydrogen (secondary N) is 1. The van der Waals surface area contributed by atoms with Crippen molar-refractivity contribution in [1.29, 1.82) is 5.26 Å². The van der Waals surface area contributed by atoms with Gasteiger partial charge >= 0.3 is 0 Å². The molecule has 20 heavy (non-hydrogen) atoms.